The van der Waals surface area contributed by atoms with Crippen LogP contribution in [0.5, 0.6) is 0 Å². The predicted octanol–water partition coefficient (Wildman–Crippen LogP) is 4.36. The molecule has 0 saturated carbocycles. The molecule has 1 aliphatic rings. The summed E-state index contributed by atoms with van der Waals surface area (Å²) in [7, 11) is 0. The first-order valence-corrected chi connectivity index (χ1v) is 8.80. The van der Waals surface area contributed by atoms with Crippen molar-refractivity contribution in [2.75, 3.05) is 31.1 Å². The van der Waals surface area contributed by atoms with Crippen LogP contribution in [-0.4, -0.2) is 37.0 Å². The minimum absolute atomic E-state index is 0.0579. The highest BCUT2D eigenvalue weighted by atomic mass is 35.5. The van der Waals surface area contributed by atoms with Crippen LogP contribution in [0.3, 0.4) is 0 Å². The zero-order valence-corrected chi connectivity index (χ0v) is 14.8. The van der Waals surface area contributed by atoms with Crippen molar-refractivity contribution >= 4 is 34.2 Å². The van der Waals surface area contributed by atoms with Gasteiger partial charge in [0.2, 0.25) is 0 Å². The number of fused-ring (bicyclic) bond motifs is 1. The zero-order valence-electron chi connectivity index (χ0n) is 14.0. The Morgan fingerprint density at radius 3 is 2.40 bits per heavy atom. The third-order valence-electron chi connectivity index (χ3n) is 4.80. The van der Waals surface area contributed by atoms with Crippen LogP contribution in [0.25, 0.3) is 11.0 Å². The number of para-hydroxylation sites is 2. The smallest absolute Gasteiger partial charge is 0.290 e. The van der Waals surface area contributed by atoms with Crippen molar-refractivity contribution in [3.05, 3.63) is 64.9 Å². The van der Waals surface area contributed by atoms with Gasteiger partial charge in [-0.1, -0.05) is 41.9 Å². The van der Waals surface area contributed by atoms with Crippen molar-refractivity contribution in [2.24, 2.45) is 0 Å². The van der Waals surface area contributed by atoms with Gasteiger partial charge in [0.15, 0.2) is 11.3 Å². The summed E-state index contributed by atoms with van der Waals surface area (Å²) in [5.41, 5.74) is 2.64. The second-order valence-electron chi connectivity index (χ2n) is 6.29. The number of hydrogen-bond acceptors (Lipinski definition) is 3. The van der Waals surface area contributed by atoms with E-state index in [2.05, 4.69) is 17.0 Å². The molecule has 0 unspecified atom stereocenters. The number of aryl methyl sites for hydroxylation is 1. The molecule has 0 radical (unpaired) electrons. The number of carbonyl (C=O) groups is 1. The van der Waals surface area contributed by atoms with Crippen molar-refractivity contribution in [2.45, 2.75) is 6.92 Å². The average Bonchev–Trinajstić information content (AvgIpc) is 3.00. The summed E-state index contributed by atoms with van der Waals surface area (Å²) < 4.78 is 5.82. The minimum Gasteiger partial charge on any atom is -0.449 e. The van der Waals surface area contributed by atoms with Crippen LogP contribution in [0.4, 0.5) is 5.69 Å². The van der Waals surface area contributed by atoms with E-state index < -0.39 is 0 Å². The average molecular weight is 355 g/mol. The number of amides is 1. The number of nitrogens with zero attached hydrogens (tertiary/aromatic N) is 2. The molecular formula is C20H19ClN2O2. The second kappa shape index (κ2) is 6.45. The van der Waals surface area contributed by atoms with Crippen molar-refractivity contribution < 1.29 is 9.21 Å². The van der Waals surface area contributed by atoms with Gasteiger partial charge in [-0.3, -0.25) is 4.79 Å². The van der Waals surface area contributed by atoms with Gasteiger partial charge >= 0.3 is 0 Å². The summed E-state index contributed by atoms with van der Waals surface area (Å²) in [6.45, 7) is 4.90. The number of carbonyl (C=O) groups excluding carboxylic acids is 1. The maximum atomic E-state index is 12.9. The number of furan rings is 1. The molecule has 3 aromatic rings. The summed E-state index contributed by atoms with van der Waals surface area (Å²) in [5.74, 6) is 0.341. The minimum atomic E-state index is -0.0579. The normalized spacial score (nSPS) is 15.0. The molecule has 0 bridgehead atoms. The largest absolute Gasteiger partial charge is 0.449 e. The Balaban J connectivity index is 1.53. The van der Waals surface area contributed by atoms with Gasteiger partial charge in [-0.05, 0) is 25.1 Å². The second-order valence-corrected chi connectivity index (χ2v) is 6.69. The molecule has 5 heteroatoms. The molecule has 1 saturated heterocycles. The van der Waals surface area contributed by atoms with Gasteiger partial charge in [0.05, 0.1) is 5.02 Å². The van der Waals surface area contributed by atoms with E-state index >= 15 is 0 Å². The molecule has 25 heavy (non-hydrogen) atoms. The molecular weight excluding hydrogens is 336 g/mol. The molecule has 2 heterocycles. The molecule has 0 aliphatic carbocycles. The van der Waals surface area contributed by atoms with Crippen molar-refractivity contribution in [3.8, 4) is 0 Å². The number of anilines is 1. The number of benzene rings is 2. The Morgan fingerprint density at radius 1 is 1.00 bits per heavy atom. The lowest BCUT2D eigenvalue weighted by atomic mass is 10.1. The Labute approximate surface area is 151 Å². The van der Waals surface area contributed by atoms with Crippen molar-refractivity contribution in [3.63, 3.8) is 0 Å². The van der Waals surface area contributed by atoms with E-state index in [1.165, 1.54) is 5.69 Å². The number of rotatable bonds is 2. The first-order chi connectivity index (χ1) is 12.1. The highest BCUT2D eigenvalue weighted by Crippen LogP contribution is 2.31. The van der Waals surface area contributed by atoms with Crippen LogP contribution < -0.4 is 4.90 Å². The fraction of sp³-hybridized carbons (Fsp3) is 0.250. The molecule has 1 aromatic heterocycles. The third kappa shape index (κ3) is 2.87. The van der Waals surface area contributed by atoms with E-state index in [4.69, 9.17) is 16.0 Å². The van der Waals surface area contributed by atoms with E-state index in [9.17, 15) is 4.79 Å². The summed E-state index contributed by atoms with van der Waals surface area (Å²) in [5, 5.41) is 1.44. The fourth-order valence-electron chi connectivity index (χ4n) is 3.36. The fourth-order valence-corrected chi connectivity index (χ4v) is 3.58. The number of hydrogen-bond donors (Lipinski definition) is 0. The monoisotopic (exact) mass is 354 g/mol. The SMILES string of the molecule is Cc1c(C(=O)N2CCN(c3ccccc3)CC2)oc2c(Cl)cccc12. The molecule has 0 atom stereocenters. The van der Waals surface area contributed by atoms with Crippen LogP contribution in [0.2, 0.25) is 5.02 Å². The van der Waals surface area contributed by atoms with Gasteiger partial charge in [-0.15, -0.1) is 0 Å². The van der Waals surface area contributed by atoms with Gasteiger partial charge < -0.3 is 14.2 Å². The summed E-state index contributed by atoms with van der Waals surface area (Å²) >= 11 is 6.19. The van der Waals surface area contributed by atoms with Crippen LogP contribution in [-0.2, 0) is 0 Å². The van der Waals surface area contributed by atoms with E-state index in [1.54, 1.807) is 6.07 Å². The van der Waals surface area contributed by atoms with Crippen LogP contribution in [0.15, 0.2) is 52.9 Å². The topological polar surface area (TPSA) is 36.7 Å². The third-order valence-corrected chi connectivity index (χ3v) is 5.10. The lowest BCUT2D eigenvalue weighted by Gasteiger charge is -2.35. The molecule has 4 rings (SSSR count). The zero-order chi connectivity index (χ0) is 17.4. The van der Waals surface area contributed by atoms with E-state index in [0.29, 0.717) is 29.5 Å². The molecule has 1 amide bonds. The Hall–Kier alpha value is -2.46. The maximum Gasteiger partial charge on any atom is 0.290 e. The first kappa shape index (κ1) is 16.0. The molecule has 4 nitrogen and oxygen atoms in total. The molecule has 2 aromatic carbocycles. The summed E-state index contributed by atoms with van der Waals surface area (Å²) in [6, 6.07) is 15.9. The molecule has 0 N–H and O–H groups in total. The number of piperazine rings is 1. The molecule has 0 spiro atoms. The Bertz CT molecular complexity index is 912. The molecule has 1 aliphatic heterocycles. The Morgan fingerprint density at radius 2 is 1.72 bits per heavy atom. The van der Waals surface area contributed by atoms with Crippen molar-refractivity contribution in [1.82, 2.24) is 4.90 Å². The molecule has 1 fully saturated rings. The predicted molar refractivity (Wildman–Crippen MR) is 101 cm³/mol. The van der Waals surface area contributed by atoms with Crippen LogP contribution >= 0.6 is 11.6 Å². The highest BCUT2D eigenvalue weighted by Gasteiger charge is 2.27. The van der Waals surface area contributed by atoms with Crippen molar-refractivity contribution in [1.29, 1.82) is 0 Å². The van der Waals surface area contributed by atoms with Crippen LogP contribution in [0, 0.1) is 6.92 Å². The van der Waals surface area contributed by atoms with Gasteiger partial charge in [0.25, 0.3) is 5.91 Å². The number of halogens is 1. The van der Waals surface area contributed by atoms with Gasteiger partial charge in [-0.2, -0.15) is 0 Å². The highest BCUT2D eigenvalue weighted by molar-refractivity contribution is 6.35. The van der Waals surface area contributed by atoms with E-state index in [0.717, 1.165) is 24.0 Å². The maximum absolute atomic E-state index is 12.9. The van der Waals surface area contributed by atoms with E-state index in [1.807, 2.05) is 42.2 Å². The lowest BCUT2D eigenvalue weighted by molar-refractivity contribution is 0.0716. The van der Waals surface area contributed by atoms with Gasteiger partial charge in [0, 0.05) is 42.8 Å². The lowest BCUT2D eigenvalue weighted by Crippen LogP contribution is -2.48. The first-order valence-electron chi connectivity index (χ1n) is 8.42. The molecule has 128 valence electrons. The van der Waals surface area contributed by atoms with Gasteiger partial charge in [-0.25, -0.2) is 0 Å². The van der Waals surface area contributed by atoms with Gasteiger partial charge in [0.1, 0.15) is 0 Å². The van der Waals surface area contributed by atoms with Crippen LogP contribution in [0.1, 0.15) is 16.1 Å². The Kier molecular flexibility index (Phi) is 4.14. The quantitative estimate of drug-likeness (QED) is 0.686. The summed E-state index contributed by atoms with van der Waals surface area (Å²) in [6.07, 6.45) is 0. The standard InChI is InChI=1S/C20H19ClN2O2/c1-14-16-8-5-9-17(21)19(16)25-18(14)20(24)23-12-10-22(11-13-23)15-6-3-2-4-7-15/h2-9H,10-13H2,1H3. The summed E-state index contributed by atoms with van der Waals surface area (Å²) in [4.78, 5) is 17.1. The van der Waals surface area contributed by atoms with E-state index in [-0.39, 0.29) is 5.91 Å².